The lowest BCUT2D eigenvalue weighted by atomic mass is 9.78. The van der Waals surface area contributed by atoms with E-state index in [9.17, 15) is 9.59 Å². The topological polar surface area (TPSA) is 46.2 Å². The van der Waals surface area contributed by atoms with E-state index in [4.69, 9.17) is 0 Å². The standard InChI is InChI=1S/C9H13NO2/c11-8-5-9(12)10-7-4-2-1-3-6(7)8/h6-7H,1-5H2,(H,10,12). The number of rotatable bonds is 0. The van der Waals surface area contributed by atoms with Crippen LogP contribution < -0.4 is 5.32 Å². The van der Waals surface area contributed by atoms with Crippen LogP contribution in [0.3, 0.4) is 0 Å². The summed E-state index contributed by atoms with van der Waals surface area (Å²) in [6, 6.07) is 0.160. The van der Waals surface area contributed by atoms with E-state index in [-0.39, 0.29) is 30.1 Å². The summed E-state index contributed by atoms with van der Waals surface area (Å²) >= 11 is 0. The molecule has 1 aliphatic carbocycles. The average molecular weight is 167 g/mol. The highest BCUT2D eigenvalue weighted by atomic mass is 16.2. The number of Topliss-reactive ketones (excluding diaryl/α,β-unsaturated/α-hetero) is 1. The molecule has 1 aliphatic heterocycles. The molecule has 0 aromatic heterocycles. The zero-order valence-electron chi connectivity index (χ0n) is 7.01. The third-order valence-electron chi connectivity index (χ3n) is 2.86. The van der Waals surface area contributed by atoms with Gasteiger partial charge in [0.2, 0.25) is 5.91 Å². The molecular formula is C9H13NO2. The number of hydrogen-bond donors (Lipinski definition) is 1. The van der Waals surface area contributed by atoms with Gasteiger partial charge in [-0.25, -0.2) is 0 Å². The van der Waals surface area contributed by atoms with Crippen LogP contribution in [-0.4, -0.2) is 17.7 Å². The van der Waals surface area contributed by atoms with Gasteiger partial charge in [-0.3, -0.25) is 9.59 Å². The maximum Gasteiger partial charge on any atom is 0.227 e. The van der Waals surface area contributed by atoms with Crippen LogP contribution in [0.5, 0.6) is 0 Å². The maximum absolute atomic E-state index is 11.4. The van der Waals surface area contributed by atoms with Crippen molar-refractivity contribution in [2.45, 2.75) is 38.1 Å². The van der Waals surface area contributed by atoms with Crippen molar-refractivity contribution in [1.29, 1.82) is 0 Å². The molecule has 1 saturated carbocycles. The minimum Gasteiger partial charge on any atom is -0.352 e. The highest BCUT2D eigenvalue weighted by Crippen LogP contribution is 2.28. The minimum atomic E-state index is -0.0804. The zero-order valence-corrected chi connectivity index (χ0v) is 7.01. The van der Waals surface area contributed by atoms with Gasteiger partial charge < -0.3 is 5.32 Å². The minimum absolute atomic E-state index is 0.0804. The van der Waals surface area contributed by atoms with Gasteiger partial charge in [0.1, 0.15) is 5.78 Å². The summed E-state index contributed by atoms with van der Waals surface area (Å²) in [5.41, 5.74) is 0. The summed E-state index contributed by atoms with van der Waals surface area (Å²) in [6.45, 7) is 0. The van der Waals surface area contributed by atoms with Crippen LogP contribution in [0.2, 0.25) is 0 Å². The molecule has 2 rings (SSSR count). The number of piperidine rings is 1. The number of amides is 1. The van der Waals surface area contributed by atoms with Gasteiger partial charge in [0.15, 0.2) is 0 Å². The van der Waals surface area contributed by atoms with Crippen molar-refractivity contribution in [3.63, 3.8) is 0 Å². The van der Waals surface area contributed by atoms with Crippen LogP contribution in [0.25, 0.3) is 0 Å². The molecule has 0 aromatic carbocycles. The summed E-state index contributed by atoms with van der Waals surface area (Å²) in [7, 11) is 0. The summed E-state index contributed by atoms with van der Waals surface area (Å²) in [5, 5.41) is 2.89. The number of hydrogen-bond acceptors (Lipinski definition) is 2. The van der Waals surface area contributed by atoms with Crippen molar-refractivity contribution in [3.05, 3.63) is 0 Å². The smallest absolute Gasteiger partial charge is 0.227 e. The first kappa shape index (κ1) is 7.77. The van der Waals surface area contributed by atoms with E-state index in [1.807, 2.05) is 0 Å². The van der Waals surface area contributed by atoms with Gasteiger partial charge in [-0.05, 0) is 12.8 Å². The normalized spacial score (nSPS) is 35.7. The second kappa shape index (κ2) is 2.88. The Bertz CT molecular complexity index is 225. The van der Waals surface area contributed by atoms with E-state index in [2.05, 4.69) is 5.32 Å². The second-order valence-electron chi connectivity index (χ2n) is 3.71. The third-order valence-corrected chi connectivity index (χ3v) is 2.86. The van der Waals surface area contributed by atoms with Gasteiger partial charge in [-0.15, -0.1) is 0 Å². The van der Waals surface area contributed by atoms with Crippen LogP contribution in [0.1, 0.15) is 32.1 Å². The third kappa shape index (κ3) is 1.24. The Morgan fingerprint density at radius 1 is 1.17 bits per heavy atom. The van der Waals surface area contributed by atoms with Gasteiger partial charge >= 0.3 is 0 Å². The summed E-state index contributed by atoms with van der Waals surface area (Å²) < 4.78 is 0. The Morgan fingerprint density at radius 2 is 1.92 bits per heavy atom. The first-order valence-electron chi connectivity index (χ1n) is 4.59. The molecular weight excluding hydrogens is 154 g/mol. The molecule has 3 heteroatoms. The Morgan fingerprint density at radius 3 is 2.75 bits per heavy atom. The monoisotopic (exact) mass is 167 g/mol. The van der Waals surface area contributed by atoms with Gasteiger partial charge in [-0.1, -0.05) is 12.8 Å². The van der Waals surface area contributed by atoms with Crippen molar-refractivity contribution in [1.82, 2.24) is 5.32 Å². The SMILES string of the molecule is O=C1CC(=O)C2CCCCC2N1. The molecule has 3 nitrogen and oxygen atoms in total. The lowest BCUT2D eigenvalue weighted by Gasteiger charge is -2.34. The van der Waals surface area contributed by atoms with Crippen LogP contribution >= 0.6 is 0 Å². The van der Waals surface area contributed by atoms with Crippen LogP contribution in [0, 0.1) is 5.92 Å². The van der Waals surface area contributed by atoms with Crippen molar-refractivity contribution in [2.24, 2.45) is 5.92 Å². The van der Waals surface area contributed by atoms with E-state index in [0.29, 0.717) is 0 Å². The number of carbonyl (C=O) groups is 2. The molecule has 2 aliphatic rings. The Hall–Kier alpha value is -0.860. The van der Waals surface area contributed by atoms with E-state index in [1.165, 1.54) is 0 Å². The Kier molecular flexibility index (Phi) is 1.87. The quantitative estimate of drug-likeness (QED) is 0.538. The van der Waals surface area contributed by atoms with Crippen molar-refractivity contribution in [2.75, 3.05) is 0 Å². The fourth-order valence-corrected chi connectivity index (χ4v) is 2.24. The number of fused-ring (bicyclic) bond motifs is 1. The molecule has 66 valence electrons. The maximum atomic E-state index is 11.4. The molecule has 0 bridgehead atoms. The second-order valence-corrected chi connectivity index (χ2v) is 3.71. The van der Waals surface area contributed by atoms with Crippen LogP contribution in [0.15, 0.2) is 0 Å². The van der Waals surface area contributed by atoms with Crippen molar-refractivity contribution in [3.8, 4) is 0 Å². The lowest BCUT2D eigenvalue weighted by Crippen LogP contribution is -2.50. The summed E-state index contributed by atoms with van der Waals surface area (Å²) in [6.07, 6.45) is 4.37. The number of carbonyl (C=O) groups excluding carboxylic acids is 2. The van der Waals surface area contributed by atoms with Crippen molar-refractivity contribution < 1.29 is 9.59 Å². The van der Waals surface area contributed by atoms with Gasteiger partial charge in [0, 0.05) is 12.0 Å². The number of nitrogens with one attached hydrogen (secondary N) is 1. The van der Waals surface area contributed by atoms with E-state index >= 15 is 0 Å². The molecule has 1 N–H and O–H groups in total. The molecule has 0 radical (unpaired) electrons. The fraction of sp³-hybridized carbons (Fsp3) is 0.778. The van der Waals surface area contributed by atoms with Gasteiger partial charge in [0.25, 0.3) is 0 Å². The molecule has 0 aromatic rings. The molecule has 2 atom stereocenters. The Balaban J connectivity index is 2.11. The Labute approximate surface area is 71.5 Å². The van der Waals surface area contributed by atoms with E-state index in [0.717, 1.165) is 25.7 Å². The largest absolute Gasteiger partial charge is 0.352 e. The highest BCUT2D eigenvalue weighted by Gasteiger charge is 2.36. The molecule has 1 heterocycles. The summed E-state index contributed by atoms with van der Waals surface area (Å²) in [4.78, 5) is 22.4. The zero-order chi connectivity index (χ0) is 8.55. The fourth-order valence-electron chi connectivity index (χ4n) is 2.24. The molecule has 0 spiro atoms. The first-order chi connectivity index (χ1) is 5.77. The van der Waals surface area contributed by atoms with E-state index in [1.54, 1.807) is 0 Å². The first-order valence-corrected chi connectivity index (χ1v) is 4.59. The molecule has 1 saturated heterocycles. The molecule has 2 unspecified atom stereocenters. The van der Waals surface area contributed by atoms with Gasteiger partial charge in [-0.2, -0.15) is 0 Å². The molecule has 12 heavy (non-hydrogen) atoms. The van der Waals surface area contributed by atoms with E-state index < -0.39 is 0 Å². The number of ketones is 1. The van der Waals surface area contributed by atoms with Crippen LogP contribution in [-0.2, 0) is 9.59 Å². The lowest BCUT2D eigenvalue weighted by molar-refractivity contribution is -0.136. The predicted molar refractivity (Wildman–Crippen MR) is 43.5 cm³/mol. The van der Waals surface area contributed by atoms with Gasteiger partial charge in [0.05, 0.1) is 6.42 Å². The summed E-state index contributed by atoms with van der Waals surface area (Å²) in [5.74, 6) is 0.211. The van der Waals surface area contributed by atoms with Crippen LogP contribution in [0.4, 0.5) is 0 Å². The predicted octanol–water partition coefficient (Wildman–Crippen LogP) is 0.634. The highest BCUT2D eigenvalue weighted by molar-refractivity contribution is 6.02. The molecule has 1 amide bonds. The molecule has 2 fully saturated rings. The van der Waals surface area contributed by atoms with Crippen molar-refractivity contribution >= 4 is 11.7 Å². The average Bonchev–Trinajstić information content (AvgIpc) is 2.04.